The van der Waals surface area contributed by atoms with Crippen LogP contribution in [0.3, 0.4) is 0 Å². The Kier molecular flexibility index (Phi) is 6.22. The summed E-state index contributed by atoms with van der Waals surface area (Å²) in [6.45, 7) is 8.57. The zero-order valence-electron chi connectivity index (χ0n) is 12.7. The van der Waals surface area contributed by atoms with E-state index < -0.39 is 0 Å². The number of hydrogen-bond donors (Lipinski definition) is 2. The fraction of sp³-hybridized carbons (Fsp3) is 0.500. The molecule has 20 heavy (non-hydrogen) atoms. The minimum atomic E-state index is -0.105. The topological polar surface area (TPSA) is 58.2 Å². The van der Waals surface area contributed by atoms with Crippen LogP contribution in [-0.2, 0) is 4.79 Å². The molecule has 2 N–H and O–H groups in total. The molecule has 0 atom stereocenters. The maximum absolute atomic E-state index is 12.0. The molecule has 110 valence electrons. The van der Waals surface area contributed by atoms with Crippen LogP contribution in [0.2, 0.25) is 0 Å². The van der Waals surface area contributed by atoms with Crippen LogP contribution in [0.25, 0.3) is 0 Å². The molecule has 4 nitrogen and oxygen atoms in total. The first-order chi connectivity index (χ1) is 9.40. The summed E-state index contributed by atoms with van der Waals surface area (Å²) in [6.07, 6.45) is 0.954. The number of nitrogens with one attached hydrogen (secondary N) is 2. The highest BCUT2D eigenvalue weighted by atomic mass is 16.2. The zero-order chi connectivity index (χ0) is 15.1. The van der Waals surface area contributed by atoms with Gasteiger partial charge in [0.2, 0.25) is 5.91 Å². The number of carbonyl (C=O) groups excluding carboxylic acids is 2. The van der Waals surface area contributed by atoms with Crippen LogP contribution in [0.5, 0.6) is 0 Å². The number of benzene rings is 1. The summed E-state index contributed by atoms with van der Waals surface area (Å²) < 4.78 is 0. The quantitative estimate of drug-likeness (QED) is 0.839. The molecule has 0 bridgehead atoms. The molecule has 2 amide bonds. The van der Waals surface area contributed by atoms with E-state index in [9.17, 15) is 9.59 Å². The van der Waals surface area contributed by atoms with Gasteiger partial charge in [0.05, 0.1) is 0 Å². The van der Waals surface area contributed by atoms with Gasteiger partial charge in [-0.3, -0.25) is 9.59 Å². The van der Waals surface area contributed by atoms with Gasteiger partial charge in [-0.15, -0.1) is 0 Å². The van der Waals surface area contributed by atoms with E-state index in [2.05, 4.69) is 24.5 Å². The van der Waals surface area contributed by atoms with Crippen LogP contribution in [0.15, 0.2) is 24.3 Å². The largest absolute Gasteiger partial charge is 0.352 e. The normalized spacial score (nSPS) is 10.7. The Hall–Kier alpha value is -1.84. The fourth-order valence-electron chi connectivity index (χ4n) is 1.60. The molecule has 1 aromatic rings. The van der Waals surface area contributed by atoms with Crippen LogP contribution >= 0.6 is 0 Å². The van der Waals surface area contributed by atoms with Gasteiger partial charge in [0.25, 0.3) is 5.91 Å². The minimum Gasteiger partial charge on any atom is -0.352 e. The van der Waals surface area contributed by atoms with Crippen LogP contribution in [0.4, 0.5) is 5.69 Å². The molecule has 0 radical (unpaired) electrons. The summed E-state index contributed by atoms with van der Waals surface area (Å²) in [5.74, 6) is 0.319. The first-order valence-corrected chi connectivity index (χ1v) is 7.09. The number of rotatable bonds is 6. The number of carbonyl (C=O) groups is 2. The number of hydrogen-bond acceptors (Lipinski definition) is 2. The van der Waals surface area contributed by atoms with E-state index in [-0.39, 0.29) is 17.7 Å². The smallest absolute Gasteiger partial charge is 0.251 e. The molecule has 0 saturated heterocycles. The molecule has 1 rings (SSSR count). The Balaban J connectivity index is 2.63. The van der Waals surface area contributed by atoms with Crippen LogP contribution in [0, 0.1) is 11.8 Å². The molecule has 1 aromatic carbocycles. The summed E-state index contributed by atoms with van der Waals surface area (Å²) in [4.78, 5) is 23.6. The van der Waals surface area contributed by atoms with Crippen molar-refractivity contribution in [1.82, 2.24) is 5.32 Å². The van der Waals surface area contributed by atoms with Gasteiger partial charge in [-0.1, -0.05) is 33.8 Å². The van der Waals surface area contributed by atoms with E-state index in [0.29, 0.717) is 23.7 Å². The molecule has 0 saturated carbocycles. The highest BCUT2D eigenvalue weighted by Gasteiger charge is 2.09. The zero-order valence-corrected chi connectivity index (χ0v) is 12.7. The second-order valence-corrected chi connectivity index (χ2v) is 5.66. The lowest BCUT2D eigenvalue weighted by Gasteiger charge is -2.10. The van der Waals surface area contributed by atoms with Crippen molar-refractivity contribution >= 4 is 17.5 Å². The van der Waals surface area contributed by atoms with Crippen molar-refractivity contribution < 1.29 is 9.59 Å². The molecular weight excluding hydrogens is 252 g/mol. The monoisotopic (exact) mass is 276 g/mol. The van der Waals surface area contributed by atoms with E-state index in [4.69, 9.17) is 0 Å². The third-order valence-electron chi connectivity index (χ3n) is 2.92. The maximum atomic E-state index is 12.0. The molecule has 0 aliphatic rings. The van der Waals surface area contributed by atoms with Gasteiger partial charge in [-0.25, -0.2) is 0 Å². The molecule has 4 heteroatoms. The van der Waals surface area contributed by atoms with Gasteiger partial charge in [-0.05, 0) is 30.5 Å². The van der Waals surface area contributed by atoms with E-state index in [1.54, 1.807) is 24.3 Å². The average molecular weight is 276 g/mol. The van der Waals surface area contributed by atoms with Crippen molar-refractivity contribution in [3.05, 3.63) is 29.8 Å². The summed E-state index contributed by atoms with van der Waals surface area (Å²) in [6, 6.07) is 7.00. The molecule has 0 aromatic heterocycles. The lowest BCUT2D eigenvalue weighted by molar-refractivity contribution is -0.118. The highest BCUT2D eigenvalue weighted by Crippen LogP contribution is 2.12. The first-order valence-electron chi connectivity index (χ1n) is 7.09. The van der Waals surface area contributed by atoms with Crippen molar-refractivity contribution in [2.75, 3.05) is 11.9 Å². The van der Waals surface area contributed by atoms with Crippen LogP contribution < -0.4 is 10.6 Å². The van der Waals surface area contributed by atoms with Crippen molar-refractivity contribution in [1.29, 1.82) is 0 Å². The SMILES string of the molecule is CC(C)CCNC(=O)c1cccc(NC(=O)C(C)C)c1. The molecule has 0 heterocycles. The first kappa shape index (κ1) is 16.2. The Morgan fingerprint density at radius 3 is 2.45 bits per heavy atom. The number of amides is 2. The van der Waals surface area contributed by atoms with Gasteiger partial charge in [0, 0.05) is 23.7 Å². The Labute approximate surface area is 121 Å². The summed E-state index contributed by atoms with van der Waals surface area (Å²) in [5.41, 5.74) is 1.22. The summed E-state index contributed by atoms with van der Waals surface area (Å²) in [5, 5.41) is 5.67. The summed E-state index contributed by atoms with van der Waals surface area (Å²) >= 11 is 0. The Morgan fingerprint density at radius 2 is 1.85 bits per heavy atom. The van der Waals surface area contributed by atoms with Crippen molar-refractivity contribution in [2.45, 2.75) is 34.1 Å². The van der Waals surface area contributed by atoms with E-state index >= 15 is 0 Å². The molecule has 0 spiro atoms. The van der Waals surface area contributed by atoms with Crippen LogP contribution in [-0.4, -0.2) is 18.4 Å². The predicted molar refractivity (Wildman–Crippen MR) is 81.7 cm³/mol. The van der Waals surface area contributed by atoms with Gasteiger partial charge in [-0.2, -0.15) is 0 Å². The summed E-state index contributed by atoms with van der Waals surface area (Å²) in [7, 11) is 0. The average Bonchev–Trinajstić information content (AvgIpc) is 2.38. The van der Waals surface area contributed by atoms with E-state index in [1.807, 2.05) is 13.8 Å². The number of anilines is 1. The van der Waals surface area contributed by atoms with Gasteiger partial charge in [0.15, 0.2) is 0 Å². The third-order valence-corrected chi connectivity index (χ3v) is 2.92. The van der Waals surface area contributed by atoms with Crippen molar-refractivity contribution in [2.24, 2.45) is 11.8 Å². The van der Waals surface area contributed by atoms with E-state index in [0.717, 1.165) is 6.42 Å². The Morgan fingerprint density at radius 1 is 1.15 bits per heavy atom. The Bertz CT molecular complexity index is 467. The standard InChI is InChI=1S/C16H24N2O2/c1-11(2)8-9-17-16(20)13-6-5-7-14(10-13)18-15(19)12(3)4/h5-7,10-12H,8-9H2,1-4H3,(H,17,20)(H,18,19). The predicted octanol–water partition coefficient (Wildman–Crippen LogP) is 3.06. The molecule has 0 unspecified atom stereocenters. The molecule has 0 aliphatic carbocycles. The van der Waals surface area contributed by atoms with E-state index in [1.165, 1.54) is 0 Å². The second kappa shape index (κ2) is 7.68. The molecular formula is C16H24N2O2. The molecule has 0 fully saturated rings. The maximum Gasteiger partial charge on any atom is 0.251 e. The van der Waals surface area contributed by atoms with Gasteiger partial charge >= 0.3 is 0 Å². The van der Waals surface area contributed by atoms with Gasteiger partial charge < -0.3 is 10.6 Å². The lowest BCUT2D eigenvalue weighted by atomic mass is 10.1. The van der Waals surface area contributed by atoms with Gasteiger partial charge in [0.1, 0.15) is 0 Å². The molecule has 0 aliphatic heterocycles. The van der Waals surface area contributed by atoms with Crippen molar-refractivity contribution in [3.8, 4) is 0 Å². The van der Waals surface area contributed by atoms with Crippen molar-refractivity contribution in [3.63, 3.8) is 0 Å². The fourth-order valence-corrected chi connectivity index (χ4v) is 1.60. The third kappa shape index (κ3) is 5.43. The second-order valence-electron chi connectivity index (χ2n) is 5.66. The van der Waals surface area contributed by atoms with Crippen LogP contribution in [0.1, 0.15) is 44.5 Å². The highest BCUT2D eigenvalue weighted by molar-refractivity contribution is 5.97. The lowest BCUT2D eigenvalue weighted by Crippen LogP contribution is -2.25. The minimum absolute atomic E-state index is 0.0534.